The van der Waals surface area contributed by atoms with Crippen molar-refractivity contribution in [2.24, 2.45) is 0 Å². The van der Waals surface area contributed by atoms with Gasteiger partial charge in [0, 0.05) is 12.8 Å². The molecule has 0 unspecified atom stereocenters. The quantitative estimate of drug-likeness (QED) is 0.345. The van der Waals surface area contributed by atoms with Gasteiger partial charge in [0.2, 0.25) is 0 Å². The van der Waals surface area contributed by atoms with Crippen LogP contribution in [0.2, 0.25) is 0 Å². The van der Waals surface area contributed by atoms with Gasteiger partial charge in [-0.05, 0) is 30.2 Å². The molecule has 0 saturated heterocycles. The van der Waals surface area contributed by atoms with Crippen LogP contribution in [0.3, 0.4) is 0 Å². The van der Waals surface area contributed by atoms with E-state index in [1.807, 2.05) is 24.3 Å². The third-order valence-electron chi connectivity index (χ3n) is 3.53. The molecular weight excluding hydrogens is 332 g/mol. The van der Waals surface area contributed by atoms with E-state index in [4.69, 9.17) is 4.74 Å². The maximum atomic E-state index is 11.9. The largest absolute Gasteiger partial charge is 0.496 e. The number of allylic oxidation sites excluding steroid dienone is 6. The molecule has 26 heavy (non-hydrogen) atoms. The summed E-state index contributed by atoms with van der Waals surface area (Å²) in [5.41, 5.74) is 1.00. The Balaban J connectivity index is 2.33. The lowest BCUT2D eigenvalue weighted by Gasteiger charge is -2.06. The summed E-state index contributed by atoms with van der Waals surface area (Å²) in [4.78, 5) is 34.2. The normalized spacial score (nSPS) is 11.3. The Morgan fingerprint density at radius 1 is 0.846 bits per heavy atom. The second-order valence-electron chi connectivity index (χ2n) is 5.42. The maximum Gasteiger partial charge on any atom is 0.305 e. The molecular formula is C21H24O5. The number of benzene rings is 1. The molecule has 1 aromatic rings. The Morgan fingerprint density at radius 2 is 1.46 bits per heavy atom. The van der Waals surface area contributed by atoms with Gasteiger partial charge in [0.15, 0.2) is 11.6 Å². The molecule has 0 aromatic heterocycles. The van der Waals surface area contributed by atoms with Gasteiger partial charge >= 0.3 is 5.97 Å². The number of ether oxygens (including phenoxy) is 2. The number of ketones is 2. The topological polar surface area (TPSA) is 69.7 Å². The standard InChI is InChI=1S/C21H24O5/c1-25-20-12-8-7-9-17(20)13-14-18(22)10-5-3-4-6-11-19(23)15-16-21(24)26-2/h3-12H,13-16H2,1-2H3. The van der Waals surface area contributed by atoms with Crippen molar-refractivity contribution in [1.29, 1.82) is 0 Å². The van der Waals surface area contributed by atoms with Gasteiger partial charge < -0.3 is 9.47 Å². The number of carbonyl (C=O) groups excluding carboxylic acids is 3. The number of rotatable bonds is 11. The van der Waals surface area contributed by atoms with Gasteiger partial charge in [0.05, 0.1) is 20.6 Å². The molecule has 5 heteroatoms. The van der Waals surface area contributed by atoms with Crippen molar-refractivity contribution in [3.8, 4) is 5.75 Å². The van der Waals surface area contributed by atoms with Gasteiger partial charge in [-0.15, -0.1) is 0 Å². The summed E-state index contributed by atoms with van der Waals surface area (Å²) in [6.45, 7) is 0. The molecule has 0 radical (unpaired) electrons. The highest BCUT2D eigenvalue weighted by atomic mass is 16.5. The van der Waals surface area contributed by atoms with E-state index < -0.39 is 5.97 Å². The summed E-state index contributed by atoms with van der Waals surface area (Å²) in [5.74, 6) is 0.235. The summed E-state index contributed by atoms with van der Waals surface area (Å²) in [6, 6.07) is 7.62. The molecule has 1 aromatic carbocycles. The molecule has 0 amide bonds. The van der Waals surface area contributed by atoms with Crippen LogP contribution in [-0.4, -0.2) is 31.8 Å². The highest BCUT2D eigenvalue weighted by Crippen LogP contribution is 2.18. The minimum atomic E-state index is -0.406. The number of carbonyl (C=O) groups is 3. The molecule has 0 saturated carbocycles. The molecule has 138 valence electrons. The average molecular weight is 356 g/mol. The van der Waals surface area contributed by atoms with Crippen LogP contribution in [0.25, 0.3) is 0 Å². The fourth-order valence-corrected chi connectivity index (χ4v) is 2.12. The molecule has 0 bridgehead atoms. The zero-order valence-electron chi connectivity index (χ0n) is 15.1. The molecule has 0 N–H and O–H groups in total. The van der Waals surface area contributed by atoms with Crippen LogP contribution in [0.5, 0.6) is 5.75 Å². The summed E-state index contributed by atoms with van der Waals surface area (Å²) in [7, 11) is 2.90. The predicted molar refractivity (Wildman–Crippen MR) is 100.0 cm³/mol. The average Bonchev–Trinajstić information content (AvgIpc) is 2.67. The van der Waals surface area contributed by atoms with Crippen LogP contribution in [0.1, 0.15) is 24.8 Å². The van der Waals surface area contributed by atoms with Crippen molar-refractivity contribution < 1.29 is 23.9 Å². The van der Waals surface area contributed by atoms with Crippen LogP contribution in [0, 0.1) is 0 Å². The first-order valence-corrected chi connectivity index (χ1v) is 8.32. The number of para-hydroxylation sites is 1. The van der Waals surface area contributed by atoms with Crippen molar-refractivity contribution in [2.75, 3.05) is 14.2 Å². The van der Waals surface area contributed by atoms with Crippen LogP contribution in [0.4, 0.5) is 0 Å². The van der Waals surface area contributed by atoms with Crippen molar-refractivity contribution in [3.63, 3.8) is 0 Å². The molecule has 1 rings (SSSR count). The molecule has 0 aliphatic carbocycles. The zero-order chi connectivity index (χ0) is 19.2. The fraction of sp³-hybridized carbons (Fsp3) is 0.286. The zero-order valence-corrected chi connectivity index (χ0v) is 15.1. The number of hydrogen-bond acceptors (Lipinski definition) is 5. The van der Waals surface area contributed by atoms with Crippen LogP contribution >= 0.6 is 0 Å². The van der Waals surface area contributed by atoms with Gasteiger partial charge in [0.1, 0.15) is 5.75 Å². The summed E-state index contributed by atoms with van der Waals surface area (Å²) < 4.78 is 9.72. The second-order valence-corrected chi connectivity index (χ2v) is 5.42. The molecule has 0 fully saturated rings. The van der Waals surface area contributed by atoms with E-state index in [-0.39, 0.29) is 24.4 Å². The third-order valence-corrected chi connectivity index (χ3v) is 3.53. The highest BCUT2D eigenvalue weighted by Gasteiger charge is 2.04. The first kappa shape index (κ1) is 21.1. The van der Waals surface area contributed by atoms with E-state index in [9.17, 15) is 14.4 Å². The summed E-state index contributed by atoms with van der Waals surface area (Å²) in [6.07, 6.45) is 10.6. The highest BCUT2D eigenvalue weighted by molar-refractivity contribution is 5.92. The fourth-order valence-electron chi connectivity index (χ4n) is 2.12. The Bertz CT molecular complexity index is 698. The van der Waals surface area contributed by atoms with Crippen molar-refractivity contribution in [1.82, 2.24) is 0 Å². The van der Waals surface area contributed by atoms with Gasteiger partial charge in [-0.25, -0.2) is 0 Å². The Morgan fingerprint density at radius 3 is 2.08 bits per heavy atom. The smallest absolute Gasteiger partial charge is 0.305 e. The van der Waals surface area contributed by atoms with E-state index in [1.54, 1.807) is 31.4 Å². The number of methoxy groups -OCH3 is 2. The predicted octanol–water partition coefficient (Wildman–Crippen LogP) is 3.39. The van der Waals surface area contributed by atoms with Crippen molar-refractivity contribution >= 4 is 17.5 Å². The Hall–Kier alpha value is -2.95. The molecule has 0 heterocycles. The molecule has 0 aliphatic heterocycles. The minimum absolute atomic E-state index is 0.0127. The van der Waals surface area contributed by atoms with Crippen molar-refractivity contribution in [2.45, 2.75) is 25.7 Å². The van der Waals surface area contributed by atoms with E-state index in [0.29, 0.717) is 12.8 Å². The van der Waals surface area contributed by atoms with Crippen molar-refractivity contribution in [3.05, 3.63) is 66.3 Å². The lowest BCUT2D eigenvalue weighted by Crippen LogP contribution is -2.03. The number of aryl methyl sites for hydroxylation is 1. The molecule has 0 spiro atoms. The first-order chi connectivity index (χ1) is 12.6. The van der Waals surface area contributed by atoms with E-state index >= 15 is 0 Å². The summed E-state index contributed by atoms with van der Waals surface area (Å²) in [5, 5.41) is 0. The number of esters is 1. The Labute approximate surface area is 154 Å². The van der Waals surface area contributed by atoms with E-state index in [2.05, 4.69) is 4.74 Å². The van der Waals surface area contributed by atoms with Gasteiger partial charge in [-0.3, -0.25) is 14.4 Å². The van der Waals surface area contributed by atoms with Crippen LogP contribution in [-0.2, 0) is 25.5 Å². The van der Waals surface area contributed by atoms with Gasteiger partial charge in [-0.2, -0.15) is 0 Å². The maximum absolute atomic E-state index is 11.9. The molecule has 5 nitrogen and oxygen atoms in total. The Kier molecular flexibility index (Phi) is 10.1. The van der Waals surface area contributed by atoms with Crippen LogP contribution < -0.4 is 4.74 Å². The first-order valence-electron chi connectivity index (χ1n) is 8.32. The second kappa shape index (κ2) is 12.4. The third kappa shape index (κ3) is 8.78. The SMILES string of the molecule is COC(=O)CCC(=O)C=CC=CC=CC(=O)CCc1ccccc1OC. The van der Waals surface area contributed by atoms with E-state index in [1.165, 1.54) is 19.3 Å². The van der Waals surface area contributed by atoms with Gasteiger partial charge in [-0.1, -0.05) is 42.5 Å². The lowest BCUT2D eigenvalue weighted by atomic mass is 10.1. The summed E-state index contributed by atoms with van der Waals surface area (Å²) >= 11 is 0. The molecule has 0 aliphatic rings. The minimum Gasteiger partial charge on any atom is -0.496 e. The van der Waals surface area contributed by atoms with Crippen LogP contribution in [0.15, 0.2) is 60.7 Å². The molecule has 0 atom stereocenters. The lowest BCUT2D eigenvalue weighted by molar-refractivity contribution is -0.141. The van der Waals surface area contributed by atoms with E-state index in [0.717, 1.165) is 11.3 Å². The number of hydrogen-bond donors (Lipinski definition) is 0. The van der Waals surface area contributed by atoms with Gasteiger partial charge in [0.25, 0.3) is 0 Å². The monoisotopic (exact) mass is 356 g/mol.